The molecule has 0 aromatic heterocycles. The molecule has 0 amide bonds. The van der Waals surface area contributed by atoms with E-state index in [0.29, 0.717) is 19.3 Å². The minimum absolute atomic E-state index is 0.0683. The summed E-state index contributed by atoms with van der Waals surface area (Å²) in [7, 11) is 0. The number of unbranched alkanes of at least 4 members (excludes halogenated alkanes) is 30. The van der Waals surface area contributed by atoms with Crippen LogP contribution in [0.25, 0.3) is 0 Å². The summed E-state index contributed by atoms with van der Waals surface area (Å²) in [5.41, 5.74) is 0. The van der Waals surface area contributed by atoms with Crippen molar-refractivity contribution in [3.63, 3.8) is 0 Å². The molecular weight excluding hydrogens is 673 g/mol. The molecule has 0 rings (SSSR count). The summed E-state index contributed by atoms with van der Waals surface area (Å²) in [5.74, 6) is -0.869. The van der Waals surface area contributed by atoms with Crippen LogP contribution in [0.1, 0.15) is 258 Å². The third kappa shape index (κ3) is 41.3. The van der Waals surface area contributed by atoms with Gasteiger partial charge in [-0.05, 0) is 44.9 Å². The molecule has 54 heavy (non-hydrogen) atoms. The molecular formula is C48H90O6. The molecule has 0 fully saturated rings. The zero-order valence-electron chi connectivity index (χ0n) is 36.3. The molecule has 1 atom stereocenters. The SMILES string of the molecule is CCCCCCC/C=C\CCCCCCCC(=O)OCC(COC(=O)CCCCCCCCCCC)OC(=O)CCCCCCCCCCCCCCC. The number of allylic oxidation sites excluding steroid dienone is 2. The van der Waals surface area contributed by atoms with Crippen LogP contribution in [0.5, 0.6) is 0 Å². The molecule has 0 spiro atoms. The minimum Gasteiger partial charge on any atom is -0.462 e. The van der Waals surface area contributed by atoms with Gasteiger partial charge in [-0.25, -0.2) is 0 Å². The van der Waals surface area contributed by atoms with Crippen molar-refractivity contribution in [3.05, 3.63) is 12.2 Å². The summed E-state index contributed by atoms with van der Waals surface area (Å²) in [6.07, 6.45) is 46.2. The van der Waals surface area contributed by atoms with Crippen molar-refractivity contribution in [1.82, 2.24) is 0 Å². The number of hydrogen-bond donors (Lipinski definition) is 0. The van der Waals surface area contributed by atoms with E-state index in [-0.39, 0.29) is 31.1 Å². The van der Waals surface area contributed by atoms with Crippen molar-refractivity contribution in [2.45, 2.75) is 264 Å². The second kappa shape index (κ2) is 43.9. The lowest BCUT2D eigenvalue weighted by Crippen LogP contribution is -2.30. The molecule has 0 heterocycles. The maximum atomic E-state index is 12.7. The first-order valence-electron chi connectivity index (χ1n) is 23.7. The zero-order valence-corrected chi connectivity index (χ0v) is 36.3. The van der Waals surface area contributed by atoms with Gasteiger partial charge in [0.25, 0.3) is 0 Å². The van der Waals surface area contributed by atoms with Gasteiger partial charge in [-0.15, -0.1) is 0 Å². The maximum Gasteiger partial charge on any atom is 0.306 e. The van der Waals surface area contributed by atoms with Crippen LogP contribution in [0.2, 0.25) is 0 Å². The molecule has 1 unspecified atom stereocenters. The van der Waals surface area contributed by atoms with E-state index in [2.05, 4.69) is 32.9 Å². The molecule has 0 aliphatic rings. The second-order valence-corrected chi connectivity index (χ2v) is 16.0. The highest BCUT2D eigenvalue weighted by Gasteiger charge is 2.19. The Hall–Kier alpha value is -1.85. The van der Waals surface area contributed by atoms with E-state index in [1.165, 1.54) is 154 Å². The Bertz CT molecular complexity index is 839. The van der Waals surface area contributed by atoms with Gasteiger partial charge in [0.2, 0.25) is 0 Å². The lowest BCUT2D eigenvalue weighted by Gasteiger charge is -2.18. The first-order chi connectivity index (χ1) is 26.5. The third-order valence-electron chi connectivity index (χ3n) is 10.5. The van der Waals surface area contributed by atoms with E-state index < -0.39 is 6.10 Å². The fraction of sp³-hybridized carbons (Fsp3) is 0.896. The van der Waals surface area contributed by atoms with Crippen LogP contribution in [-0.4, -0.2) is 37.2 Å². The standard InChI is InChI=1S/C48H90O6/c1-4-7-10-13-16-19-21-23-25-26-29-32-35-38-41-47(50)53-44-45(43-52-46(49)40-37-34-31-28-18-15-12-9-6-3)54-48(51)42-39-36-33-30-27-24-22-20-17-14-11-8-5-2/h21,23,45H,4-20,22,24-44H2,1-3H3/b23-21-. The molecule has 318 valence electrons. The fourth-order valence-corrected chi connectivity index (χ4v) is 6.91. The molecule has 0 aliphatic heterocycles. The van der Waals surface area contributed by atoms with Gasteiger partial charge in [-0.3, -0.25) is 14.4 Å². The topological polar surface area (TPSA) is 78.9 Å². The van der Waals surface area contributed by atoms with Crippen molar-refractivity contribution >= 4 is 17.9 Å². The second-order valence-electron chi connectivity index (χ2n) is 16.0. The number of rotatable bonds is 43. The maximum absolute atomic E-state index is 12.7. The summed E-state index contributed by atoms with van der Waals surface area (Å²) in [6.45, 7) is 6.62. The lowest BCUT2D eigenvalue weighted by molar-refractivity contribution is -0.167. The molecule has 0 saturated carbocycles. The smallest absolute Gasteiger partial charge is 0.306 e. The summed E-state index contributed by atoms with van der Waals surface area (Å²) in [5, 5.41) is 0. The Morgan fingerprint density at radius 1 is 0.352 bits per heavy atom. The average molecular weight is 763 g/mol. The summed E-state index contributed by atoms with van der Waals surface area (Å²) >= 11 is 0. The predicted octanol–water partition coefficient (Wildman–Crippen LogP) is 15.0. The van der Waals surface area contributed by atoms with Crippen molar-refractivity contribution in [2.24, 2.45) is 0 Å². The molecule has 6 heteroatoms. The van der Waals surface area contributed by atoms with Gasteiger partial charge in [0, 0.05) is 19.3 Å². The van der Waals surface area contributed by atoms with Crippen LogP contribution in [0.4, 0.5) is 0 Å². The predicted molar refractivity (Wildman–Crippen MR) is 229 cm³/mol. The normalized spacial score (nSPS) is 12.0. The Morgan fingerprint density at radius 3 is 0.926 bits per heavy atom. The van der Waals surface area contributed by atoms with Crippen LogP contribution in [0.15, 0.2) is 12.2 Å². The third-order valence-corrected chi connectivity index (χ3v) is 10.5. The van der Waals surface area contributed by atoms with Gasteiger partial charge in [0.05, 0.1) is 0 Å². The van der Waals surface area contributed by atoms with Gasteiger partial charge in [-0.1, -0.05) is 206 Å². The number of ether oxygens (including phenoxy) is 3. The van der Waals surface area contributed by atoms with Crippen molar-refractivity contribution < 1.29 is 28.6 Å². The summed E-state index contributed by atoms with van der Waals surface area (Å²) in [4.78, 5) is 37.7. The quantitative estimate of drug-likeness (QED) is 0.0266. The van der Waals surface area contributed by atoms with Crippen LogP contribution < -0.4 is 0 Å². The highest BCUT2D eigenvalue weighted by atomic mass is 16.6. The van der Waals surface area contributed by atoms with E-state index in [0.717, 1.165) is 64.2 Å². The van der Waals surface area contributed by atoms with Crippen molar-refractivity contribution in [3.8, 4) is 0 Å². The van der Waals surface area contributed by atoms with E-state index in [1.54, 1.807) is 0 Å². The van der Waals surface area contributed by atoms with E-state index in [4.69, 9.17) is 14.2 Å². The van der Waals surface area contributed by atoms with Gasteiger partial charge in [0.15, 0.2) is 6.10 Å². The fourth-order valence-electron chi connectivity index (χ4n) is 6.91. The highest BCUT2D eigenvalue weighted by Crippen LogP contribution is 2.15. The molecule has 0 N–H and O–H groups in total. The van der Waals surface area contributed by atoms with E-state index in [9.17, 15) is 14.4 Å². The highest BCUT2D eigenvalue weighted by molar-refractivity contribution is 5.71. The Balaban J connectivity index is 4.32. The van der Waals surface area contributed by atoms with Gasteiger partial charge >= 0.3 is 17.9 Å². The molecule has 0 aromatic rings. The molecule has 0 aromatic carbocycles. The number of hydrogen-bond acceptors (Lipinski definition) is 6. The van der Waals surface area contributed by atoms with Crippen molar-refractivity contribution in [1.29, 1.82) is 0 Å². The van der Waals surface area contributed by atoms with Crippen molar-refractivity contribution in [2.75, 3.05) is 13.2 Å². The Labute approximate surface area is 335 Å². The summed E-state index contributed by atoms with van der Waals surface area (Å²) < 4.78 is 16.7. The van der Waals surface area contributed by atoms with Gasteiger partial charge in [-0.2, -0.15) is 0 Å². The largest absolute Gasteiger partial charge is 0.462 e. The molecule has 0 saturated heterocycles. The van der Waals surface area contributed by atoms with Crippen LogP contribution >= 0.6 is 0 Å². The Kier molecular flexibility index (Phi) is 42.4. The van der Waals surface area contributed by atoms with Crippen LogP contribution in [0, 0.1) is 0 Å². The van der Waals surface area contributed by atoms with E-state index in [1.807, 2.05) is 0 Å². The summed E-state index contributed by atoms with van der Waals surface area (Å²) in [6, 6.07) is 0. The first kappa shape index (κ1) is 52.2. The van der Waals surface area contributed by atoms with Gasteiger partial charge < -0.3 is 14.2 Å². The molecule has 6 nitrogen and oxygen atoms in total. The van der Waals surface area contributed by atoms with Crippen LogP contribution in [-0.2, 0) is 28.6 Å². The Morgan fingerprint density at radius 2 is 0.611 bits per heavy atom. The number of carbonyl (C=O) groups excluding carboxylic acids is 3. The molecule has 0 bridgehead atoms. The van der Waals surface area contributed by atoms with Crippen LogP contribution in [0.3, 0.4) is 0 Å². The number of esters is 3. The average Bonchev–Trinajstić information content (AvgIpc) is 3.17. The monoisotopic (exact) mass is 763 g/mol. The molecule has 0 radical (unpaired) electrons. The lowest BCUT2D eigenvalue weighted by atomic mass is 10.0. The van der Waals surface area contributed by atoms with E-state index >= 15 is 0 Å². The van der Waals surface area contributed by atoms with Gasteiger partial charge in [0.1, 0.15) is 13.2 Å². The molecule has 0 aliphatic carbocycles. The zero-order chi connectivity index (χ0) is 39.4. The minimum atomic E-state index is -0.764. The number of carbonyl (C=O) groups is 3. The first-order valence-corrected chi connectivity index (χ1v) is 23.7.